The van der Waals surface area contributed by atoms with E-state index in [1.54, 1.807) is 6.08 Å². The predicted octanol–water partition coefficient (Wildman–Crippen LogP) is 1.79. The smallest absolute Gasteiger partial charge is 0.295 e. The molecule has 0 saturated heterocycles. The van der Waals surface area contributed by atoms with Gasteiger partial charge in [-0.15, -0.1) is 0 Å². The highest BCUT2D eigenvalue weighted by atomic mass is 17.2. The van der Waals surface area contributed by atoms with E-state index < -0.39 is 5.97 Å². The molecular formula is C7H12O3. The van der Waals surface area contributed by atoms with Gasteiger partial charge in [0.2, 0.25) is 0 Å². The van der Waals surface area contributed by atoms with Crippen LogP contribution in [0.5, 0.6) is 0 Å². The number of rotatable bonds is 4. The lowest BCUT2D eigenvalue weighted by molar-refractivity contribution is -0.235. The highest BCUT2D eigenvalue weighted by Crippen LogP contribution is 1.89. The van der Waals surface area contributed by atoms with Crippen molar-refractivity contribution in [3.8, 4) is 0 Å². The fourth-order valence-electron chi connectivity index (χ4n) is 0.370. The molecule has 10 heavy (non-hydrogen) atoms. The summed E-state index contributed by atoms with van der Waals surface area (Å²) in [5.74, 6) is -0.443. The highest BCUT2D eigenvalue weighted by molar-refractivity contribution is 5.65. The minimum absolute atomic E-state index is 0.443. The molecule has 0 rings (SSSR count). The van der Waals surface area contributed by atoms with Crippen LogP contribution in [0.2, 0.25) is 0 Å². The SMILES string of the molecule is CCCC=COOC(C)=O. The molecule has 0 amide bonds. The third kappa shape index (κ3) is 7.01. The zero-order chi connectivity index (χ0) is 7.82. The van der Waals surface area contributed by atoms with Gasteiger partial charge in [0.1, 0.15) is 6.26 Å². The molecule has 3 nitrogen and oxygen atoms in total. The number of unbranched alkanes of at least 4 members (excludes halogenated alkanes) is 1. The summed E-state index contributed by atoms with van der Waals surface area (Å²) >= 11 is 0. The van der Waals surface area contributed by atoms with Crippen LogP contribution in [0.15, 0.2) is 12.3 Å². The summed E-state index contributed by atoms with van der Waals surface area (Å²) in [6.45, 7) is 3.34. The van der Waals surface area contributed by atoms with Crippen LogP contribution >= 0.6 is 0 Å². The van der Waals surface area contributed by atoms with Crippen LogP contribution < -0.4 is 0 Å². The van der Waals surface area contributed by atoms with Gasteiger partial charge in [-0.3, -0.25) is 9.78 Å². The zero-order valence-electron chi connectivity index (χ0n) is 6.29. The van der Waals surface area contributed by atoms with Gasteiger partial charge >= 0.3 is 5.97 Å². The monoisotopic (exact) mass is 144 g/mol. The molecule has 0 aliphatic heterocycles. The first-order valence-corrected chi connectivity index (χ1v) is 3.26. The Morgan fingerprint density at radius 3 is 2.80 bits per heavy atom. The Hall–Kier alpha value is -0.990. The summed E-state index contributed by atoms with van der Waals surface area (Å²) < 4.78 is 0. The fourth-order valence-corrected chi connectivity index (χ4v) is 0.370. The molecule has 0 aromatic carbocycles. The first-order chi connectivity index (χ1) is 4.77. The Balaban J connectivity index is 3.10. The number of carbonyl (C=O) groups excluding carboxylic acids is 1. The summed E-state index contributed by atoms with van der Waals surface area (Å²) in [7, 11) is 0. The van der Waals surface area contributed by atoms with Crippen molar-refractivity contribution in [3.05, 3.63) is 12.3 Å². The third-order valence-corrected chi connectivity index (χ3v) is 0.773. The van der Waals surface area contributed by atoms with E-state index in [1.807, 2.05) is 0 Å². The van der Waals surface area contributed by atoms with Crippen LogP contribution in [0.3, 0.4) is 0 Å². The maximum absolute atomic E-state index is 10.1. The van der Waals surface area contributed by atoms with Crippen molar-refractivity contribution >= 4 is 5.97 Å². The van der Waals surface area contributed by atoms with Crippen molar-refractivity contribution in [2.45, 2.75) is 26.7 Å². The molecule has 0 aromatic heterocycles. The van der Waals surface area contributed by atoms with E-state index in [0.29, 0.717) is 0 Å². The zero-order valence-corrected chi connectivity index (χ0v) is 6.29. The third-order valence-electron chi connectivity index (χ3n) is 0.773. The molecule has 0 saturated carbocycles. The van der Waals surface area contributed by atoms with Gasteiger partial charge in [0, 0.05) is 6.92 Å². The van der Waals surface area contributed by atoms with Gasteiger partial charge in [0.25, 0.3) is 0 Å². The standard InChI is InChI=1S/C7H12O3/c1-3-4-5-6-9-10-7(2)8/h5-6H,3-4H2,1-2H3. The number of allylic oxidation sites excluding steroid dienone is 1. The molecule has 0 aliphatic carbocycles. The molecule has 0 radical (unpaired) electrons. The number of hydrogen-bond acceptors (Lipinski definition) is 3. The number of hydrogen-bond donors (Lipinski definition) is 0. The minimum Gasteiger partial charge on any atom is -0.295 e. The normalized spacial score (nSPS) is 9.80. The Bertz CT molecular complexity index is 118. The van der Waals surface area contributed by atoms with Crippen molar-refractivity contribution in [1.29, 1.82) is 0 Å². The molecular weight excluding hydrogens is 132 g/mol. The number of carbonyl (C=O) groups is 1. The maximum Gasteiger partial charge on any atom is 0.352 e. The first-order valence-electron chi connectivity index (χ1n) is 3.26. The lowest BCUT2D eigenvalue weighted by atomic mass is 10.3. The molecule has 0 aromatic rings. The van der Waals surface area contributed by atoms with Crippen LogP contribution in [0, 0.1) is 0 Å². The largest absolute Gasteiger partial charge is 0.352 e. The molecule has 0 spiro atoms. The summed E-state index contributed by atoms with van der Waals surface area (Å²) in [5, 5.41) is 0. The van der Waals surface area contributed by atoms with Crippen LogP contribution in [-0.2, 0) is 14.6 Å². The van der Waals surface area contributed by atoms with Crippen molar-refractivity contribution in [3.63, 3.8) is 0 Å². The first kappa shape index (κ1) is 9.01. The van der Waals surface area contributed by atoms with Crippen molar-refractivity contribution in [2.24, 2.45) is 0 Å². The average molecular weight is 144 g/mol. The van der Waals surface area contributed by atoms with E-state index in [2.05, 4.69) is 16.7 Å². The van der Waals surface area contributed by atoms with Crippen molar-refractivity contribution in [2.75, 3.05) is 0 Å². The molecule has 0 unspecified atom stereocenters. The van der Waals surface area contributed by atoms with Gasteiger partial charge in [-0.2, -0.15) is 0 Å². The average Bonchev–Trinajstić information content (AvgIpc) is 1.87. The minimum atomic E-state index is -0.443. The second kappa shape index (κ2) is 6.13. The molecule has 0 N–H and O–H groups in total. The van der Waals surface area contributed by atoms with Crippen LogP contribution in [0.4, 0.5) is 0 Å². The summed E-state index contributed by atoms with van der Waals surface area (Å²) in [4.78, 5) is 18.6. The van der Waals surface area contributed by atoms with Crippen molar-refractivity contribution in [1.82, 2.24) is 0 Å². The predicted molar refractivity (Wildman–Crippen MR) is 36.9 cm³/mol. The lowest BCUT2D eigenvalue weighted by Crippen LogP contribution is -1.94. The summed E-state index contributed by atoms with van der Waals surface area (Å²) in [5.41, 5.74) is 0. The Labute approximate surface area is 60.6 Å². The Kier molecular flexibility index (Phi) is 5.53. The quantitative estimate of drug-likeness (QED) is 0.343. The fraction of sp³-hybridized carbons (Fsp3) is 0.571. The van der Waals surface area contributed by atoms with Crippen LogP contribution in [0.25, 0.3) is 0 Å². The van der Waals surface area contributed by atoms with Crippen LogP contribution in [-0.4, -0.2) is 5.97 Å². The second-order valence-corrected chi connectivity index (χ2v) is 1.83. The van der Waals surface area contributed by atoms with E-state index in [9.17, 15) is 4.79 Å². The summed E-state index contributed by atoms with van der Waals surface area (Å²) in [6.07, 6.45) is 5.15. The van der Waals surface area contributed by atoms with Gasteiger partial charge in [-0.05, 0) is 12.5 Å². The van der Waals surface area contributed by atoms with E-state index in [-0.39, 0.29) is 0 Å². The van der Waals surface area contributed by atoms with E-state index >= 15 is 0 Å². The Morgan fingerprint density at radius 2 is 2.30 bits per heavy atom. The van der Waals surface area contributed by atoms with Crippen LogP contribution in [0.1, 0.15) is 26.7 Å². The van der Waals surface area contributed by atoms with Crippen molar-refractivity contribution < 1.29 is 14.6 Å². The Morgan fingerprint density at radius 1 is 1.60 bits per heavy atom. The molecule has 0 heterocycles. The lowest BCUT2D eigenvalue weighted by Gasteiger charge is -1.93. The molecule has 0 fully saturated rings. The van der Waals surface area contributed by atoms with Gasteiger partial charge in [0.15, 0.2) is 0 Å². The molecule has 0 bridgehead atoms. The van der Waals surface area contributed by atoms with Gasteiger partial charge in [-0.25, -0.2) is 4.79 Å². The molecule has 58 valence electrons. The molecule has 0 aliphatic rings. The van der Waals surface area contributed by atoms with E-state index in [4.69, 9.17) is 0 Å². The van der Waals surface area contributed by atoms with E-state index in [1.165, 1.54) is 13.2 Å². The van der Waals surface area contributed by atoms with Gasteiger partial charge < -0.3 is 0 Å². The summed E-state index contributed by atoms with van der Waals surface area (Å²) in [6, 6.07) is 0. The molecule has 0 atom stereocenters. The topological polar surface area (TPSA) is 35.5 Å². The van der Waals surface area contributed by atoms with Gasteiger partial charge in [0.05, 0.1) is 0 Å². The van der Waals surface area contributed by atoms with E-state index in [0.717, 1.165) is 12.8 Å². The highest BCUT2D eigenvalue weighted by Gasteiger charge is 1.87. The maximum atomic E-state index is 10.1. The molecule has 3 heteroatoms. The second-order valence-electron chi connectivity index (χ2n) is 1.83. The van der Waals surface area contributed by atoms with Gasteiger partial charge in [-0.1, -0.05) is 13.3 Å².